The Hall–Kier alpha value is -0.970. The highest BCUT2D eigenvalue weighted by Gasteiger charge is 2.09. The predicted molar refractivity (Wildman–Crippen MR) is 64.2 cm³/mol. The third kappa shape index (κ3) is 4.26. The zero-order chi connectivity index (χ0) is 12.0. The van der Waals surface area contributed by atoms with Crippen molar-refractivity contribution in [3.05, 3.63) is 29.8 Å². The lowest BCUT2D eigenvalue weighted by Crippen LogP contribution is -2.29. The number of amides is 1. The molecule has 0 spiro atoms. The van der Waals surface area contributed by atoms with Crippen LogP contribution in [0.4, 0.5) is 4.39 Å². The Balaban J connectivity index is 2.47. The number of aromatic nitrogens is 1. The van der Waals surface area contributed by atoms with Gasteiger partial charge in [0.15, 0.2) is 0 Å². The summed E-state index contributed by atoms with van der Waals surface area (Å²) in [6, 6.07) is 1.17. The van der Waals surface area contributed by atoms with Crippen molar-refractivity contribution in [2.45, 2.75) is 24.6 Å². The summed E-state index contributed by atoms with van der Waals surface area (Å²) >= 11 is 3.45. The molecule has 1 atom stereocenters. The molecule has 0 saturated carbocycles. The third-order valence-electron chi connectivity index (χ3n) is 2.05. The molecule has 1 unspecified atom stereocenters. The van der Waals surface area contributed by atoms with Gasteiger partial charge in [-0.3, -0.25) is 9.78 Å². The number of nitrogens with one attached hydrogen (secondary N) is 1. The van der Waals surface area contributed by atoms with E-state index in [4.69, 9.17) is 0 Å². The number of hydrogen-bond acceptors (Lipinski definition) is 2. The minimum Gasteiger partial charge on any atom is -0.351 e. The number of carbonyl (C=O) groups excluding carboxylic acids is 1. The minimum atomic E-state index is -0.503. The molecule has 1 aromatic rings. The number of nitrogens with zero attached hydrogens (tertiary/aromatic N) is 1. The summed E-state index contributed by atoms with van der Waals surface area (Å²) in [6.45, 7) is 2.61. The molecule has 0 aliphatic heterocycles. The topological polar surface area (TPSA) is 42.0 Å². The van der Waals surface area contributed by atoms with Gasteiger partial charge in [0, 0.05) is 17.6 Å². The Bertz CT molecular complexity index is 360. The van der Waals surface area contributed by atoms with Crippen LogP contribution in [0, 0.1) is 5.82 Å². The summed E-state index contributed by atoms with van der Waals surface area (Å²) in [7, 11) is 0. The van der Waals surface area contributed by atoms with Crippen molar-refractivity contribution in [1.29, 1.82) is 0 Å². The van der Waals surface area contributed by atoms with E-state index in [9.17, 15) is 9.18 Å². The number of hydrogen-bond donors (Lipinski definition) is 1. The van der Waals surface area contributed by atoms with Crippen LogP contribution in [-0.4, -0.2) is 22.3 Å². The molecule has 1 heterocycles. The first kappa shape index (κ1) is 13.1. The molecule has 0 radical (unpaired) electrons. The number of carbonyl (C=O) groups is 1. The summed E-state index contributed by atoms with van der Waals surface area (Å²) in [5.41, 5.74) is 0.246. The van der Waals surface area contributed by atoms with Crippen molar-refractivity contribution in [3.8, 4) is 0 Å². The highest BCUT2D eigenvalue weighted by atomic mass is 79.9. The van der Waals surface area contributed by atoms with Crippen molar-refractivity contribution >= 4 is 21.8 Å². The maximum absolute atomic E-state index is 12.8. The molecular formula is C11H14BrFN2O. The first-order chi connectivity index (χ1) is 7.63. The second-order valence-corrected chi connectivity index (χ2v) is 4.78. The SMILES string of the molecule is CCCC(Br)CNC(=O)c1cncc(F)c1. The number of rotatable bonds is 5. The highest BCUT2D eigenvalue weighted by Crippen LogP contribution is 2.07. The molecule has 0 aliphatic carbocycles. The van der Waals surface area contributed by atoms with Crippen LogP contribution in [0.5, 0.6) is 0 Å². The van der Waals surface area contributed by atoms with Crippen molar-refractivity contribution in [2.75, 3.05) is 6.54 Å². The van der Waals surface area contributed by atoms with Crippen LogP contribution >= 0.6 is 15.9 Å². The molecule has 1 aromatic heterocycles. The van der Waals surface area contributed by atoms with Crippen molar-refractivity contribution in [3.63, 3.8) is 0 Å². The van der Waals surface area contributed by atoms with E-state index in [0.29, 0.717) is 6.54 Å². The molecule has 16 heavy (non-hydrogen) atoms. The van der Waals surface area contributed by atoms with E-state index in [2.05, 4.69) is 33.2 Å². The van der Waals surface area contributed by atoms with E-state index in [-0.39, 0.29) is 16.3 Å². The maximum Gasteiger partial charge on any atom is 0.252 e. The van der Waals surface area contributed by atoms with Crippen LogP contribution in [0.15, 0.2) is 18.5 Å². The van der Waals surface area contributed by atoms with Gasteiger partial charge >= 0.3 is 0 Å². The van der Waals surface area contributed by atoms with Gasteiger partial charge in [0.2, 0.25) is 0 Å². The standard InChI is InChI=1S/C11H14BrFN2O/c1-2-3-9(12)6-15-11(16)8-4-10(13)7-14-5-8/h4-5,7,9H,2-3,6H2,1H3,(H,15,16). The van der Waals surface area contributed by atoms with E-state index < -0.39 is 5.82 Å². The van der Waals surface area contributed by atoms with Crippen molar-refractivity contribution in [1.82, 2.24) is 10.3 Å². The van der Waals surface area contributed by atoms with Crippen molar-refractivity contribution < 1.29 is 9.18 Å². The molecule has 0 aromatic carbocycles. The average molecular weight is 289 g/mol. The molecular weight excluding hydrogens is 275 g/mol. The quantitative estimate of drug-likeness (QED) is 0.846. The first-order valence-electron chi connectivity index (χ1n) is 5.16. The summed E-state index contributed by atoms with van der Waals surface area (Å²) < 4.78 is 12.8. The third-order valence-corrected chi connectivity index (χ3v) is 2.83. The fourth-order valence-electron chi connectivity index (χ4n) is 1.26. The molecule has 3 nitrogen and oxygen atoms in total. The zero-order valence-electron chi connectivity index (χ0n) is 9.04. The molecule has 5 heteroatoms. The number of alkyl halides is 1. The summed E-state index contributed by atoms with van der Waals surface area (Å²) in [5, 5.41) is 2.72. The molecule has 0 aliphatic rings. The molecule has 0 fully saturated rings. The normalized spacial score (nSPS) is 12.2. The first-order valence-corrected chi connectivity index (χ1v) is 6.08. The average Bonchev–Trinajstić information content (AvgIpc) is 2.26. The lowest BCUT2D eigenvalue weighted by Gasteiger charge is -2.09. The fourth-order valence-corrected chi connectivity index (χ4v) is 1.88. The number of halogens is 2. The van der Waals surface area contributed by atoms with Gasteiger partial charge in [0.1, 0.15) is 5.82 Å². The molecule has 1 amide bonds. The van der Waals surface area contributed by atoms with Gasteiger partial charge in [-0.1, -0.05) is 29.3 Å². The van der Waals surface area contributed by atoms with Gasteiger partial charge in [0.25, 0.3) is 5.91 Å². The second kappa shape index (κ2) is 6.58. The van der Waals surface area contributed by atoms with Crippen LogP contribution in [0.3, 0.4) is 0 Å². The Labute approximate surface area is 103 Å². The fraction of sp³-hybridized carbons (Fsp3) is 0.455. The molecule has 0 bridgehead atoms. The molecule has 1 rings (SSSR count). The van der Waals surface area contributed by atoms with Gasteiger partial charge < -0.3 is 5.32 Å². The van der Waals surface area contributed by atoms with E-state index in [0.717, 1.165) is 19.0 Å². The minimum absolute atomic E-state index is 0.246. The van der Waals surface area contributed by atoms with Gasteiger partial charge in [-0.25, -0.2) is 4.39 Å². The summed E-state index contributed by atoms with van der Waals surface area (Å²) in [5.74, 6) is -0.802. The lowest BCUT2D eigenvalue weighted by atomic mass is 10.2. The largest absolute Gasteiger partial charge is 0.351 e. The van der Waals surface area contributed by atoms with Crippen LogP contribution in [0.1, 0.15) is 30.1 Å². The van der Waals surface area contributed by atoms with Crippen LogP contribution in [-0.2, 0) is 0 Å². The van der Waals surface area contributed by atoms with E-state index in [1.807, 2.05) is 0 Å². The summed E-state index contributed by atoms with van der Waals surface area (Å²) in [6.07, 6.45) is 4.46. The second-order valence-electron chi connectivity index (χ2n) is 3.49. The highest BCUT2D eigenvalue weighted by molar-refractivity contribution is 9.09. The Morgan fingerprint density at radius 3 is 3.00 bits per heavy atom. The Morgan fingerprint density at radius 2 is 2.38 bits per heavy atom. The van der Waals surface area contributed by atoms with Gasteiger partial charge in [0.05, 0.1) is 11.8 Å². The lowest BCUT2D eigenvalue weighted by molar-refractivity contribution is 0.0953. The Morgan fingerprint density at radius 1 is 1.62 bits per heavy atom. The smallest absolute Gasteiger partial charge is 0.252 e. The van der Waals surface area contributed by atoms with E-state index in [1.165, 1.54) is 12.3 Å². The van der Waals surface area contributed by atoms with Gasteiger partial charge in [-0.2, -0.15) is 0 Å². The van der Waals surface area contributed by atoms with Gasteiger partial charge in [-0.15, -0.1) is 0 Å². The molecule has 1 N–H and O–H groups in total. The van der Waals surface area contributed by atoms with Crippen LogP contribution < -0.4 is 5.32 Å². The molecule has 0 saturated heterocycles. The van der Waals surface area contributed by atoms with E-state index >= 15 is 0 Å². The molecule has 88 valence electrons. The van der Waals surface area contributed by atoms with Gasteiger partial charge in [-0.05, 0) is 12.5 Å². The zero-order valence-corrected chi connectivity index (χ0v) is 10.6. The predicted octanol–water partition coefficient (Wildman–Crippen LogP) is 2.51. The van der Waals surface area contributed by atoms with Crippen molar-refractivity contribution in [2.24, 2.45) is 0 Å². The maximum atomic E-state index is 12.8. The summed E-state index contributed by atoms with van der Waals surface area (Å²) in [4.78, 5) is 15.4. The Kier molecular flexibility index (Phi) is 5.38. The number of pyridine rings is 1. The van der Waals surface area contributed by atoms with E-state index in [1.54, 1.807) is 0 Å². The van der Waals surface area contributed by atoms with Crippen LogP contribution in [0.2, 0.25) is 0 Å². The van der Waals surface area contributed by atoms with Crippen LogP contribution in [0.25, 0.3) is 0 Å². The monoisotopic (exact) mass is 288 g/mol.